The first-order chi connectivity index (χ1) is 10.7. The third kappa shape index (κ3) is 4.04. The van der Waals surface area contributed by atoms with E-state index < -0.39 is 0 Å². The Balaban J connectivity index is 2.14. The first-order valence-corrected chi connectivity index (χ1v) is 6.60. The van der Waals surface area contributed by atoms with Crippen molar-refractivity contribution in [2.75, 3.05) is 19.0 Å². The SMILES string of the molecule is COCC(C)Oc1ccccc1NC=C(C#N)c1nn[nH]n1. The van der Waals surface area contributed by atoms with Gasteiger partial charge in [-0.25, -0.2) is 0 Å². The van der Waals surface area contributed by atoms with Crippen LogP contribution < -0.4 is 10.1 Å². The van der Waals surface area contributed by atoms with Gasteiger partial charge in [-0.2, -0.15) is 10.5 Å². The Morgan fingerprint density at radius 3 is 3.00 bits per heavy atom. The molecule has 2 N–H and O–H groups in total. The number of benzene rings is 1. The predicted molar refractivity (Wildman–Crippen MR) is 79.8 cm³/mol. The molecule has 0 aliphatic heterocycles. The molecule has 114 valence electrons. The summed E-state index contributed by atoms with van der Waals surface area (Å²) in [6, 6.07) is 9.42. The number of ether oxygens (including phenoxy) is 2. The number of H-pyrrole nitrogens is 1. The maximum Gasteiger partial charge on any atom is 0.216 e. The summed E-state index contributed by atoms with van der Waals surface area (Å²) in [4.78, 5) is 0. The molecule has 0 radical (unpaired) electrons. The molecule has 0 amide bonds. The van der Waals surface area contributed by atoms with Gasteiger partial charge in [-0.3, -0.25) is 0 Å². The molecule has 0 saturated carbocycles. The quantitative estimate of drug-likeness (QED) is 0.747. The summed E-state index contributed by atoms with van der Waals surface area (Å²) in [6.45, 7) is 2.40. The van der Waals surface area contributed by atoms with Crippen LogP contribution in [-0.4, -0.2) is 40.4 Å². The number of anilines is 1. The molecule has 8 nitrogen and oxygen atoms in total. The van der Waals surface area contributed by atoms with Crippen molar-refractivity contribution in [2.24, 2.45) is 0 Å². The summed E-state index contributed by atoms with van der Waals surface area (Å²) in [5, 5.41) is 25.4. The lowest BCUT2D eigenvalue weighted by molar-refractivity contribution is 0.0925. The van der Waals surface area contributed by atoms with Crippen molar-refractivity contribution in [3.63, 3.8) is 0 Å². The minimum Gasteiger partial charge on any atom is -0.486 e. The summed E-state index contributed by atoms with van der Waals surface area (Å²) >= 11 is 0. The highest BCUT2D eigenvalue weighted by atomic mass is 16.5. The van der Waals surface area contributed by atoms with E-state index in [1.165, 1.54) is 6.20 Å². The van der Waals surface area contributed by atoms with Crippen molar-refractivity contribution in [1.82, 2.24) is 20.6 Å². The number of nitriles is 1. The van der Waals surface area contributed by atoms with Crippen molar-refractivity contribution in [3.8, 4) is 11.8 Å². The van der Waals surface area contributed by atoms with Crippen LogP contribution in [-0.2, 0) is 4.74 Å². The van der Waals surface area contributed by atoms with Crippen molar-refractivity contribution in [2.45, 2.75) is 13.0 Å². The number of hydrogen-bond donors (Lipinski definition) is 2. The molecule has 1 atom stereocenters. The highest BCUT2D eigenvalue weighted by molar-refractivity contribution is 5.74. The minimum absolute atomic E-state index is 0.0930. The van der Waals surface area contributed by atoms with Crippen molar-refractivity contribution in [3.05, 3.63) is 36.3 Å². The third-order valence-corrected chi connectivity index (χ3v) is 2.70. The molecule has 0 fully saturated rings. The molecule has 2 rings (SSSR count). The maximum atomic E-state index is 9.13. The number of allylic oxidation sites excluding steroid dienone is 1. The van der Waals surface area contributed by atoms with Gasteiger partial charge < -0.3 is 14.8 Å². The number of tetrazole rings is 1. The lowest BCUT2D eigenvalue weighted by Gasteiger charge is -2.16. The molecule has 8 heteroatoms. The highest BCUT2D eigenvalue weighted by Gasteiger charge is 2.09. The largest absolute Gasteiger partial charge is 0.486 e. The predicted octanol–water partition coefficient (Wildman–Crippen LogP) is 1.59. The Hall–Kier alpha value is -2.92. The van der Waals surface area contributed by atoms with Gasteiger partial charge in [0.2, 0.25) is 5.82 Å². The fourth-order valence-corrected chi connectivity index (χ4v) is 1.75. The second-order valence-corrected chi connectivity index (χ2v) is 4.43. The molecular weight excluding hydrogens is 284 g/mol. The average molecular weight is 300 g/mol. The second-order valence-electron chi connectivity index (χ2n) is 4.43. The van der Waals surface area contributed by atoms with Gasteiger partial charge in [-0.05, 0) is 24.3 Å². The standard InChI is InChI=1S/C14H16N6O2/c1-10(9-21-2)22-13-6-4-3-5-12(13)16-8-11(7-15)14-17-19-20-18-14/h3-6,8,10,16H,9H2,1-2H3,(H,17,18,19,20). The molecule has 1 aromatic carbocycles. The van der Waals surface area contributed by atoms with Crippen molar-refractivity contribution < 1.29 is 9.47 Å². The molecule has 1 aromatic heterocycles. The molecule has 1 unspecified atom stereocenters. The Kier molecular flexibility index (Phi) is 5.45. The lowest BCUT2D eigenvalue weighted by Crippen LogP contribution is -2.18. The van der Waals surface area contributed by atoms with E-state index >= 15 is 0 Å². The van der Waals surface area contributed by atoms with Crippen LogP contribution in [0.1, 0.15) is 12.7 Å². The molecule has 2 aromatic rings. The van der Waals surface area contributed by atoms with E-state index in [-0.39, 0.29) is 17.5 Å². The summed E-state index contributed by atoms with van der Waals surface area (Å²) in [5.74, 6) is 0.884. The van der Waals surface area contributed by atoms with Crippen molar-refractivity contribution >= 4 is 11.3 Å². The first kappa shape index (κ1) is 15.5. The van der Waals surface area contributed by atoms with Gasteiger partial charge in [0.25, 0.3) is 0 Å². The van der Waals surface area contributed by atoms with Crippen LogP contribution in [0.4, 0.5) is 5.69 Å². The maximum absolute atomic E-state index is 9.13. The van der Waals surface area contributed by atoms with Gasteiger partial charge in [0.1, 0.15) is 23.5 Å². The second kappa shape index (κ2) is 7.75. The van der Waals surface area contributed by atoms with Crippen LogP contribution >= 0.6 is 0 Å². The Bertz CT molecular complexity index is 662. The number of para-hydroxylation sites is 2. The number of hydrogen-bond acceptors (Lipinski definition) is 7. The van der Waals surface area contributed by atoms with E-state index in [1.807, 2.05) is 37.3 Å². The van der Waals surface area contributed by atoms with Crippen LogP contribution in [0.3, 0.4) is 0 Å². The number of nitrogens with zero attached hydrogens (tertiary/aromatic N) is 4. The minimum atomic E-state index is -0.0930. The Morgan fingerprint density at radius 2 is 2.32 bits per heavy atom. The summed E-state index contributed by atoms with van der Waals surface area (Å²) in [6.07, 6.45) is 1.41. The first-order valence-electron chi connectivity index (χ1n) is 6.60. The van der Waals surface area contributed by atoms with Crippen LogP contribution in [0, 0.1) is 11.3 Å². The van der Waals surface area contributed by atoms with E-state index in [2.05, 4.69) is 25.9 Å². The third-order valence-electron chi connectivity index (χ3n) is 2.70. The molecule has 0 spiro atoms. The zero-order valence-electron chi connectivity index (χ0n) is 12.3. The van der Waals surface area contributed by atoms with Gasteiger partial charge >= 0.3 is 0 Å². The lowest BCUT2D eigenvalue weighted by atomic mass is 10.2. The molecule has 0 saturated heterocycles. The van der Waals surface area contributed by atoms with Crippen LogP contribution in [0.5, 0.6) is 5.75 Å². The van der Waals surface area contributed by atoms with E-state index in [9.17, 15) is 0 Å². The fraction of sp³-hybridized carbons (Fsp3) is 0.286. The molecule has 0 aliphatic rings. The molecule has 0 aliphatic carbocycles. The number of rotatable bonds is 7. The van der Waals surface area contributed by atoms with Gasteiger partial charge in [-0.1, -0.05) is 12.1 Å². The molecule has 22 heavy (non-hydrogen) atoms. The molecular formula is C14H16N6O2. The summed E-state index contributed by atoms with van der Waals surface area (Å²) < 4.78 is 10.8. The monoisotopic (exact) mass is 300 g/mol. The number of aromatic amines is 1. The number of methoxy groups -OCH3 is 1. The van der Waals surface area contributed by atoms with Crippen molar-refractivity contribution in [1.29, 1.82) is 5.26 Å². The molecule has 0 bridgehead atoms. The topological polar surface area (TPSA) is 109 Å². The van der Waals surface area contributed by atoms with Gasteiger partial charge in [0.15, 0.2) is 0 Å². The zero-order chi connectivity index (χ0) is 15.8. The number of nitrogens with one attached hydrogen (secondary N) is 2. The molecule has 1 heterocycles. The van der Waals surface area contributed by atoms with Crippen LogP contribution in [0.15, 0.2) is 30.5 Å². The normalized spacial score (nSPS) is 12.5. The van der Waals surface area contributed by atoms with E-state index in [4.69, 9.17) is 14.7 Å². The van der Waals surface area contributed by atoms with Gasteiger partial charge in [0, 0.05) is 13.3 Å². The summed E-state index contributed by atoms with van der Waals surface area (Å²) in [5.41, 5.74) is 0.982. The fourth-order valence-electron chi connectivity index (χ4n) is 1.75. The van der Waals surface area contributed by atoms with Gasteiger partial charge in [0.05, 0.1) is 12.3 Å². The Morgan fingerprint density at radius 1 is 1.50 bits per heavy atom. The van der Waals surface area contributed by atoms with E-state index in [0.29, 0.717) is 12.4 Å². The Labute approximate surface area is 127 Å². The van der Waals surface area contributed by atoms with Crippen LogP contribution in [0.25, 0.3) is 5.57 Å². The zero-order valence-corrected chi connectivity index (χ0v) is 12.3. The van der Waals surface area contributed by atoms with Gasteiger partial charge in [-0.15, -0.1) is 10.2 Å². The van der Waals surface area contributed by atoms with Crippen LogP contribution in [0.2, 0.25) is 0 Å². The smallest absolute Gasteiger partial charge is 0.216 e. The number of aromatic nitrogens is 4. The van der Waals surface area contributed by atoms with E-state index in [0.717, 1.165) is 5.69 Å². The average Bonchev–Trinajstić information content (AvgIpc) is 3.04. The summed E-state index contributed by atoms with van der Waals surface area (Å²) in [7, 11) is 1.62. The van der Waals surface area contributed by atoms with E-state index in [1.54, 1.807) is 7.11 Å². The highest BCUT2D eigenvalue weighted by Crippen LogP contribution is 2.25.